The zero-order valence-corrected chi connectivity index (χ0v) is 14.7. The molecule has 1 aromatic heterocycles. The number of sulfonamides is 1. The van der Waals surface area contributed by atoms with Crippen molar-refractivity contribution in [1.82, 2.24) is 14.5 Å². The van der Waals surface area contributed by atoms with Gasteiger partial charge >= 0.3 is 0 Å². The van der Waals surface area contributed by atoms with E-state index in [1.807, 2.05) is 0 Å². The van der Waals surface area contributed by atoms with Crippen molar-refractivity contribution in [1.29, 1.82) is 0 Å². The van der Waals surface area contributed by atoms with Gasteiger partial charge in [-0.3, -0.25) is 4.79 Å². The van der Waals surface area contributed by atoms with Gasteiger partial charge in [-0.25, -0.2) is 17.2 Å². The largest absolute Gasteiger partial charge is 0.320 e. The third-order valence-corrected chi connectivity index (χ3v) is 6.04. The third kappa shape index (κ3) is 3.83. The van der Waals surface area contributed by atoms with Crippen LogP contribution in [0.15, 0.2) is 18.2 Å². The fourth-order valence-corrected chi connectivity index (χ4v) is 4.68. The molecule has 1 amide bonds. The summed E-state index contributed by atoms with van der Waals surface area (Å²) < 4.78 is 51.0. The Bertz CT molecular complexity index is 917. The standard InChI is InChI=1S/C14H14F2N4O3S2/c1-25(22,23)20-6-2-3-11(20)13-18-19-14(24-13)12(21)17-8-4-5-9(15)10(16)7-8/h4-5,7,11H,2-3,6H2,1H3,(H,17,21). The molecular formula is C14H14F2N4O3S2. The number of carbonyl (C=O) groups excluding carboxylic acids is 1. The van der Waals surface area contributed by atoms with Crippen LogP contribution in [0.1, 0.15) is 33.7 Å². The maximum absolute atomic E-state index is 13.2. The minimum Gasteiger partial charge on any atom is -0.320 e. The van der Waals surface area contributed by atoms with E-state index in [1.54, 1.807) is 0 Å². The lowest BCUT2D eigenvalue weighted by molar-refractivity contribution is 0.102. The van der Waals surface area contributed by atoms with Crippen LogP contribution in [0.4, 0.5) is 14.5 Å². The van der Waals surface area contributed by atoms with Gasteiger partial charge in [0.1, 0.15) is 5.01 Å². The fourth-order valence-electron chi connectivity index (χ4n) is 2.60. The molecular weight excluding hydrogens is 374 g/mol. The van der Waals surface area contributed by atoms with Crippen LogP contribution in [-0.2, 0) is 10.0 Å². The molecule has 2 heterocycles. The molecule has 1 atom stereocenters. The predicted molar refractivity (Wildman–Crippen MR) is 87.7 cm³/mol. The molecule has 0 bridgehead atoms. The summed E-state index contributed by atoms with van der Waals surface area (Å²) in [6, 6.07) is 2.55. The van der Waals surface area contributed by atoms with E-state index in [0.717, 1.165) is 29.7 Å². The lowest BCUT2D eigenvalue weighted by Crippen LogP contribution is -2.29. The van der Waals surface area contributed by atoms with Gasteiger partial charge in [-0.1, -0.05) is 11.3 Å². The molecule has 25 heavy (non-hydrogen) atoms. The van der Waals surface area contributed by atoms with Crippen molar-refractivity contribution >= 4 is 33.0 Å². The Morgan fingerprint density at radius 1 is 1.32 bits per heavy atom. The Kier molecular flexibility index (Phi) is 4.80. The Morgan fingerprint density at radius 2 is 2.08 bits per heavy atom. The highest BCUT2D eigenvalue weighted by molar-refractivity contribution is 7.88. The Balaban J connectivity index is 1.76. The average Bonchev–Trinajstić information content (AvgIpc) is 3.18. The molecule has 3 rings (SSSR count). The van der Waals surface area contributed by atoms with Crippen molar-refractivity contribution in [3.63, 3.8) is 0 Å². The summed E-state index contributed by atoms with van der Waals surface area (Å²) in [7, 11) is -3.37. The molecule has 1 unspecified atom stereocenters. The van der Waals surface area contributed by atoms with Gasteiger partial charge in [-0.15, -0.1) is 10.2 Å². The average molecular weight is 388 g/mol. The van der Waals surface area contributed by atoms with E-state index in [2.05, 4.69) is 15.5 Å². The Hall–Kier alpha value is -1.98. The van der Waals surface area contributed by atoms with E-state index < -0.39 is 33.6 Å². The molecule has 0 saturated carbocycles. The Labute approximate surface area is 146 Å². The first-order valence-corrected chi connectivity index (χ1v) is 9.99. The van der Waals surface area contributed by atoms with Crippen LogP contribution < -0.4 is 5.32 Å². The molecule has 0 spiro atoms. The SMILES string of the molecule is CS(=O)(=O)N1CCCC1c1nnc(C(=O)Nc2ccc(F)c(F)c2)s1. The second kappa shape index (κ2) is 6.73. The van der Waals surface area contributed by atoms with Gasteiger partial charge in [-0.2, -0.15) is 4.31 Å². The normalized spacial score (nSPS) is 18.4. The number of aromatic nitrogens is 2. The molecule has 0 aliphatic carbocycles. The smallest absolute Gasteiger partial charge is 0.286 e. The number of halogens is 2. The molecule has 1 aromatic carbocycles. The summed E-state index contributed by atoms with van der Waals surface area (Å²) >= 11 is 0.977. The molecule has 11 heteroatoms. The predicted octanol–water partition coefficient (Wildman–Crippen LogP) is 2.17. The molecule has 7 nitrogen and oxygen atoms in total. The molecule has 1 fully saturated rings. The van der Waals surface area contributed by atoms with Crippen LogP contribution >= 0.6 is 11.3 Å². The van der Waals surface area contributed by atoms with Gasteiger partial charge in [0.2, 0.25) is 15.0 Å². The quantitative estimate of drug-likeness (QED) is 0.867. The zero-order valence-electron chi connectivity index (χ0n) is 13.1. The number of amides is 1. The molecule has 1 saturated heterocycles. The van der Waals surface area contributed by atoms with Crippen LogP contribution in [0.5, 0.6) is 0 Å². The van der Waals surface area contributed by atoms with E-state index in [1.165, 1.54) is 10.4 Å². The maximum atomic E-state index is 13.2. The summed E-state index contributed by atoms with van der Waals surface area (Å²) in [6.45, 7) is 0.402. The van der Waals surface area contributed by atoms with Crippen molar-refractivity contribution < 1.29 is 22.0 Å². The molecule has 0 radical (unpaired) electrons. The topological polar surface area (TPSA) is 92.3 Å². The second-order valence-corrected chi connectivity index (χ2v) is 8.50. The summed E-state index contributed by atoms with van der Waals surface area (Å²) in [5, 5.41) is 10.5. The zero-order chi connectivity index (χ0) is 18.2. The minimum absolute atomic E-state index is 0.0140. The number of nitrogens with zero attached hydrogens (tertiary/aromatic N) is 3. The van der Waals surface area contributed by atoms with Crippen molar-refractivity contribution in [2.24, 2.45) is 0 Å². The first-order valence-electron chi connectivity index (χ1n) is 7.32. The first kappa shape index (κ1) is 17.8. The summed E-state index contributed by atoms with van der Waals surface area (Å²) in [5.41, 5.74) is 0.0827. The first-order chi connectivity index (χ1) is 11.8. The van der Waals surface area contributed by atoms with Gasteiger partial charge in [0.25, 0.3) is 5.91 Å². The maximum Gasteiger partial charge on any atom is 0.286 e. The molecule has 1 N–H and O–H groups in total. The number of hydrogen-bond acceptors (Lipinski definition) is 6. The number of anilines is 1. The van der Waals surface area contributed by atoms with Gasteiger partial charge in [0, 0.05) is 18.3 Å². The lowest BCUT2D eigenvalue weighted by atomic mass is 10.2. The summed E-state index contributed by atoms with van der Waals surface area (Å²) in [6.07, 6.45) is 2.43. The second-order valence-electron chi connectivity index (χ2n) is 5.56. The number of rotatable bonds is 4. The van der Waals surface area contributed by atoms with Crippen molar-refractivity contribution in [2.45, 2.75) is 18.9 Å². The van der Waals surface area contributed by atoms with Crippen LogP contribution in [0.25, 0.3) is 0 Å². The number of carbonyl (C=O) groups is 1. The van der Waals surface area contributed by atoms with E-state index in [-0.39, 0.29) is 10.7 Å². The van der Waals surface area contributed by atoms with Gasteiger partial charge in [-0.05, 0) is 25.0 Å². The number of benzene rings is 1. The van der Waals surface area contributed by atoms with Gasteiger partial charge < -0.3 is 5.32 Å². The molecule has 2 aromatic rings. The van der Waals surface area contributed by atoms with Crippen LogP contribution in [-0.4, -0.2) is 41.6 Å². The van der Waals surface area contributed by atoms with E-state index in [0.29, 0.717) is 24.4 Å². The highest BCUT2D eigenvalue weighted by atomic mass is 32.2. The minimum atomic E-state index is -3.37. The monoisotopic (exact) mass is 388 g/mol. The lowest BCUT2D eigenvalue weighted by Gasteiger charge is -2.19. The van der Waals surface area contributed by atoms with Crippen LogP contribution in [0.2, 0.25) is 0 Å². The van der Waals surface area contributed by atoms with Crippen molar-refractivity contribution in [3.8, 4) is 0 Å². The molecule has 134 valence electrons. The molecule has 1 aliphatic rings. The fraction of sp³-hybridized carbons (Fsp3) is 0.357. The van der Waals surface area contributed by atoms with Crippen LogP contribution in [0.3, 0.4) is 0 Å². The highest BCUT2D eigenvalue weighted by Gasteiger charge is 2.35. The molecule has 1 aliphatic heterocycles. The van der Waals surface area contributed by atoms with E-state index >= 15 is 0 Å². The summed E-state index contributed by atoms with van der Waals surface area (Å²) in [5.74, 6) is -2.72. The third-order valence-electron chi connectivity index (χ3n) is 3.73. The Morgan fingerprint density at radius 3 is 2.76 bits per heavy atom. The number of nitrogens with one attached hydrogen (secondary N) is 1. The van der Waals surface area contributed by atoms with Crippen LogP contribution in [0, 0.1) is 11.6 Å². The van der Waals surface area contributed by atoms with Gasteiger partial charge in [0.05, 0.1) is 12.3 Å². The van der Waals surface area contributed by atoms with Gasteiger partial charge in [0.15, 0.2) is 11.6 Å². The summed E-state index contributed by atoms with van der Waals surface area (Å²) in [4.78, 5) is 12.2. The number of hydrogen-bond donors (Lipinski definition) is 1. The highest BCUT2D eigenvalue weighted by Crippen LogP contribution is 2.35. The van der Waals surface area contributed by atoms with E-state index in [4.69, 9.17) is 0 Å². The van der Waals surface area contributed by atoms with Crippen molar-refractivity contribution in [3.05, 3.63) is 39.8 Å². The van der Waals surface area contributed by atoms with E-state index in [9.17, 15) is 22.0 Å². The van der Waals surface area contributed by atoms with Crippen molar-refractivity contribution in [2.75, 3.05) is 18.1 Å².